The van der Waals surface area contributed by atoms with Gasteiger partial charge >= 0.3 is 18.0 Å². The number of hydrogen-bond donors (Lipinski definition) is 0. The van der Waals surface area contributed by atoms with E-state index in [9.17, 15) is 14.4 Å². The minimum Gasteiger partial charge on any atom is -0.457 e. The van der Waals surface area contributed by atoms with Crippen molar-refractivity contribution in [1.29, 1.82) is 0 Å². The number of likely N-dealkylation sites (tertiary alicyclic amines) is 1. The second kappa shape index (κ2) is 11.5. The summed E-state index contributed by atoms with van der Waals surface area (Å²) in [6.07, 6.45) is -3.24. The second-order valence-corrected chi connectivity index (χ2v) is 7.69. The predicted molar refractivity (Wildman–Crippen MR) is 119 cm³/mol. The molecule has 1 aliphatic rings. The van der Waals surface area contributed by atoms with E-state index >= 15 is 0 Å². The van der Waals surface area contributed by atoms with Crippen LogP contribution in [0.1, 0.15) is 37.9 Å². The smallest absolute Gasteiger partial charge is 0.410 e. The zero-order valence-electron chi connectivity index (χ0n) is 19.0. The molecule has 1 saturated heterocycles. The molecule has 1 fully saturated rings. The standard InChI is InChI=1S/C25H29NO7/c1-4-30-25(29)26-15-21(32-17(2)27)23(33-18(3)28)24(22(26)20-13-9-6-10-14-20)31-16-19-11-7-5-8-12-19/h5-14,21-24H,4,15-16H2,1-3H3/t21-,22+,23-,24-/m0/s1. The summed E-state index contributed by atoms with van der Waals surface area (Å²) < 4.78 is 22.7. The summed E-state index contributed by atoms with van der Waals surface area (Å²) in [5.41, 5.74) is 1.69. The number of carbonyl (C=O) groups excluding carboxylic acids is 3. The maximum atomic E-state index is 13.0. The Kier molecular flexibility index (Phi) is 8.43. The van der Waals surface area contributed by atoms with Crippen LogP contribution in [-0.4, -0.2) is 54.4 Å². The summed E-state index contributed by atoms with van der Waals surface area (Å²) in [6.45, 7) is 4.64. The van der Waals surface area contributed by atoms with Crippen molar-refractivity contribution in [2.75, 3.05) is 13.2 Å². The van der Waals surface area contributed by atoms with Gasteiger partial charge in [-0.3, -0.25) is 14.5 Å². The summed E-state index contributed by atoms with van der Waals surface area (Å²) in [5, 5.41) is 0. The van der Waals surface area contributed by atoms with Crippen LogP contribution in [-0.2, 0) is 35.1 Å². The van der Waals surface area contributed by atoms with Gasteiger partial charge in [0.25, 0.3) is 0 Å². The van der Waals surface area contributed by atoms with Gasteiger partial charge in [-0.1, -0.05) is 60.7 Å². The summed E-state index contributed by atoms with van der Waals surface area (Å²) in [6, 6.07) is 18.2. The second-order valence-electron chi connectivity index (χ2n) is 7.69. The highest BCUT2D eigenvalue weighted by Crippen LogP contribution is 2.37. The van der Waals surface area contributed by atoms with Crippen molar-refractivity contribution in [3.63, 3.8) is 0 Å². The first-order valence-electron chi connectivity index (χ1n) is 10.9. The fourth-order valence-corrected chi connectivity index (χ4v) is 4.00. The maximum absolute atomic E-state index is 13.0. The van der Waals surface area contributed by atoms with Crippen LogP contribution < -0.4 is 0 Å². The van der Waals surface area contributed by atoms with E-state index < -0.39 is 42.4 Å². The Hall–Kier alpha value is -3.39. The lowest BCUT2D eigenvalue weighted by Gasteiger charge is -2.47. The molecule has 0 aromatic heterocycles. The number of benzene rings is 2. The molecule has 0 aliphatic carbocycles. The molecule has 4 atom stereocenters. The molecule has 33 heavy (non-hydrogen) atoms. The van der Waals surface area contributed by atoms with Crippen molar-refractivity contribution < 1.29 is 33.3 Å². The molecule has 176 valence electrons. The van der Waals surface area contributed by atoms with Crippen molar-refractivity contribution in [3.8, 4) is 0 Å². The van der Waals surface area contributed by atoms with Crippen LogP contribution in [0.15, 0.2) is 60.7 Å². The molecule has 0 N–H and O–H groups in total. The number of esters is 2. The van der Waals surface area contributed by atoms with Crippen LogP contribution in [0.5, 0.6) is 0 Å². The molecule has 0 saturated carbocycles. The Morgan fingerprint density at radius 2 is 1.48 bits per heavy atom. The summed E-state index contributed by atoms with van der Waals surface area (Å²) >= 11 is 0. The molecule has 8 nitrogen and oxygen atoms in total. The van der Waals surface area contributed by atoms with Crippen LogP contribution in [0, 0.1) is 0 Å². The zero-order valence-corrected chi connectivity index (χ0v) is 19.0. The minimum atomic E-state index is -0.925. The van der Waals surface area contributed by atoms with Gasteiger partial charge < -0.3 is 18.9 Å². The van der Waals surface area contributed by atoms with Crippen LogP contribution >= 0.6 is 0 Å². The van der Waals surface area contributed by atoms with Crippen molar-refractivity contribution >= 4 is 18.0 Å². The van der Waals surface area contributed by atoms with Crippen molar-refractivity contribution in [3.05, 3.63) is 71.8 Å². The highest BCUT2D eigenvalue weighted by molar-refractivity contribution is 5.70. The van der Waals surface area contributed by atoms with Crippen LogP contribution in [0.4, 0.5) is 4.79 Å². The molecule has 0 unspecified atom stereocenters. The van der Waals surface area contributed by atoms with Crippen molar-refractivity contribution in [2.45, 2.75) is 51.7 Å². The molecule has 1 aliphatic heterocycles. The van der Waals surface area contributed by atoms with E-state index in [-0.39, 0.29) is 19.8 Å². The lowest BCUT2D eigenvalue weighted by Crippen LogP contribution is -2.61. The number of nitrogens with zero attached hydrogens (tertiary/aromatic N) is 1. The maximum Gasteiger partial charge on any atom is 0.410 e. The number of amides is 1. The highest BCUT2D eigenvalue weighted by atomic mass is 16.6. The monoisotopic (exact) mass is 455 g/mol. The lowest BCUT2D eigenvalue weighted by molar-refractivity contribution is -0.201. The Morgan fingerprint density at radius 1 is 0.879 bits per heavy atom. The number of ether oxygens (including phenoxy) is 4. The third-order valence-corrected chi connectivity index (χ3v) is 5.26. The fraction of sp³-hybridized carbons (Fsp3) is 0.400. The Balaban J connectivity index is 2.05. The zero-order chi connectivity index (χ0) is 23.8. The van der Waals surface area contributed by atoms with Gasteiger partial charge in [0.1, 0.15) is 6.10 Å². The third-order valence-electron chi connectivity index (χ3n) is 5.26. The topological polar surface area (TPSA) is 91.4 Å². The highest BCUT2D eigenvalue weighted by Gasteiger charge is 2.50. The summed E-state index contributed by atoms with van der Waals surface area (Å²) in [5.74, 6) is -1.09. The van der Waals surface area contributed by atoms with Crippen LogP contribution in [0.2, 0.25) is 0 Å². The van der Waals surface area contributed by atoms with Gasteiger partial charge in [-0.15, -0.1) is 0 Å². The molecule has 0 spiro atoms. The van der Waals surface area contributed by atoms with E-state index in [2.05, 4.69) is 0 Å². The molecule has 1 amide bonds. The SMILES string of the molecule is CCOC(=O)N1C[C@H](OC(C)=O)[C@H](OC(C)=O)[C@@H](OCc2ccccc2)[C@H]1c1ccccc1. The molecule has 2 aromatic carbocycles. The molecule has 2 aromatic rings. The number of hydrogen-bond acceptors (Lipinski definition) is 7. The molecule has 0 bridgehead atoms. The van der Waals surface area contributed by atoms with Crippen LogP contribution in [0.25, 0.3) is 0 Å². The van der Waals surface area contributed by atoms with Gasteiger partial charge in [0.2, 0.25) is 0 Å². The van der Waals surface area contributed by atoms with E-state index in [4.69, 9.17) is 18.9 Å². The quantitative estimate of drug-likeness (QED) is 0.465. The largest absolute Gasteiger partial charge is 0.457 e. The van der Waals surface area contributed by atoms with E-state index in [0.29, 0.717) is 0 Å². The van der Waals surface area contributed by atoms with Gasteiger partial charge in [0.05, 0.1) is 25.8 Å². The third kappa shape index (κ3) is 6.32. The first-order chi connectivity index (χ1) is 15.9. The average molecular weight is 456 g/mol. The molecule has 1 heterocycles. The molecular formula is C25H29NO7. The Morgan fingerprint density at radius 3 is 2.06 bits per heavy atom. The molecule has 3 rings (SSSR count). The van der Waals surface area contributed by atoms with E-state index in [1.165, 1.54) is 18.7 Å². The first-order valence-corrected chi connectivity index (χ1v) is 10.9. The van der Waals surface area contributed by atoms with E-state index in [1.54, 1.807) is 6.92 Å². The van der Waals surface area contributed by atoms with Gasteiger partial charge in [-0.05, 0) is 18.1 Å². The predicted octanol–water partition coefficient (Wildman–Crippen LogP) is 3.65. The normalized spacial score (nSPS) is 22.3. The van der Waals surface area contributed by atoms with Crippen LogP contribution in [0.3, 0.4) is 0 Å². The Bertz CT molecular complexity index is 934. The summed E-state index contributed by atoms with van der Waals surface area (Å²) in [7, 11) is 0. The first kappa shape index (κ1) is 24.3. The fourth-order valence-electron chi connectivity index (χ4n) is 4.00. The molecular weight excluding hydrogens is 426 g/mol. The van der Waals surface area contributed by atoms with E-state index in [0.717, 1.165) is 11.1 Å². The Labute approximate surface area is 193 Å². The van der Waals surface area contributed by atoms with Gasteiger partial charge in [0.15, 0.2) is 12.2 Å². The lowest BCUT2D eigenvalue weighted by atomic mass is 9.88. The molecule has 0 radical (unpaired) electrons. The number of rotatable bonds is 7. The van der Waals surface area contributed by atoms with Crippen molar-refractivity contribution in [2.24, 2.45) is 0 Å². The van der Waals surface area contributed by atoms with Gasteiger partial charge in [-0.2, -0.15) is 0 Å². The van der Waals surface area contributed by atoms with Gasteiger partial charge in [-0.25, -0.2) is 4.79 Å². The molecule has 8 heteroatoms. The summed E-state index contributed by atoms with van der Waals surface area (Å²) in [4.78, 5) is 38.3. The minimum absolute atomic E-state index is 0.0128. The number of piperidine rings is 1. The van der Waals surface area contributed by atoms with Crippen molar-refractivity contribution in [1.82, 2.24) is 4.90 Å². The average Bonchev–Trinajstić information content (AvgIpc) is 2.79. The van der Waals surface area contributed by atoms with Gasteiger partial charge in [0, 0.05) is 13.8 Å². The number of carbonyl (C=O) groups is 3. The van der Waals surface area contributed by atoms with E-state index in [1.807, 2.05) is 60.7 Å².